The Labute approximate surface area is 120 Å². The molecule has 1 fully saturated rings. The lowest BCUT2D eigenvalue weighted by Gasteiger charge is -2.39. The summed E-state index contributed by atoms with van der Waals surface area (Å²) in [5.74, 6) is 0.232. The smallest absolute Gasteiger partial charge is 0.407 e. The monoisotopic (exact) mass is 286 g/mol. The molecule has 0 aliphatic carbocycles. The van der Waals surface area contributed by atoms with Crippen LogP contribution in [-0.4, -0.2) is 55.3 Å². The van der Waals surface area contributed by atoms with Gasteiger partial charge in [0.05, 0.1) is 19.3 Å². The molecular formula is C14H26N2O4. The Bertz CT molecular complexity index is 355. The normalized spacial score (nSPS) is 19.6. The van der Waals surface area contributed by atoms with Gasteiger partial charge in [-0.3, -0.25) is 4.79 Å². The van der Waals surface area contributed by atoms with Crippen LogP contribution < -0.4 is 5.32 Å². The van der Waals surface area contributed by atoms with Gasteiger partial charge in [-0.25, -0.2) is 4.79 Å². The summed E-state index contributed by atoms with van der Waals surface area (Å²) in [6, 6.07) is -0.545. The molecule has 2 amide bonds. The largest absolute Gasteiger partial charge is 0.453 e. The topological polar surface area (TPSA) is 67.9 Å². The quantitative estimate of drug-likeness (QED) is 0.848. The van der Waals surface area contributed by atoms with Gasteiger partial charge in [-0.15, -0.1) is 0 Å². The third kappa shape index (κ3) is 5.00. The Hall–Kier alpha value is -1.30. The number of ether oxygens (including phenoxy) is 2. The van der Waals surface area contributed by atoms with E-state index in [1.165, 1.54) is 7.11 Å². The predicted molar refractivity (Wildman–Crippen MR) is 75.4 cm³/mol. The van der Waals surface area contributed by atoms with Crippen molar-refractivity contribution in [2.75, 3.05) is 26.8 Å². The highest BCUT2D eigenvalue weighted by Gasteiger charge is 2.34. The molecule has 0 unspecified atom stereocenters. The SMILES string of the molecule is COC(=O)N[C@@H](CC(C)C)C(=O)N1CCOC(C)(C)C1. The number of nitrogens with one attached hydrogen (secondary N) is 1. The number of alkyl carbamates (subject to hydrolysis) is 1. The van der Waals surface area contributed by atoms with E-state index >= 15 is 0 Å². The number of methoxy groups -OCH3 is 1. The maximum absolute atomic E-state index is 12.6. The zero-order chi connectivity index (χ0) is 15.3. The van der Waals surface area contributed by atoms with Crippen LogP contribution in [0.3, 0.4) is 0 Å². The first-order chi connectivity index (χ1) is 9.25. The molecule has 6 heteroatoms. The van der Waals surface area contributed by atoms with Crippen LogP contribution in [0.5, 0.6) is 0 Å². The number of rotatable bonds is 4. The van der Waals surface area contributed by atoms with Gasteiger partial charge < -0.3 is 19.7 Å². The van der Waals surface area contributed by atoms with Crippen molar-refractivity contribution in [3.8, 4) is 0 Å². The molecule has 20 heavy (non-hydrogen) atoms. The van der Waals surface area contributed by atoms with Crippen molar-refractivity contribution in [1.82, 2.24) is 10.2 Å². The Morgan fingerprint density at radius 3 is 2.55 bits per heavy atom. The van der Waals surface area contributed by atoms with Crippen molar-refractivity contribution in [2.24, 2.45) is 5.92 Å². The molecule has 1 heterocycles. The van der Waals surface area contributed by atoms with Gasteiger partial charge >= 0.3 is 6.09 Å². The van der Waals surface area contributed by atoms with E-state index in [2.05, 4.69) is 10.1 Å². The van der Waals surface area contributed by atoms with E-state index in [9.17, 15) is 9.59 Å². The Balaban J connectivity index is 2.73. The molecule has 0 aromatic heterocycles. The Morgan fingerprint density at radius 2 is 2.05 bits per heavy atom. The minimum absolute atomic E-state index is 0.0690. The second-order valence-corrected chi connectivity index (χ2v) is 6.19. The molecular weight excluding hydrogens is 260 g/mol. The van der Waals surface area contributed by atoms with E-state index in [0.29, 0.717) is 32.0 Å². The van der Waals surface area contributed by atoms with Crippen LogP contribution in [0.2, 0.25) is 0 Å². The average molecular weight is 286 g/mol. The van der Waals surface area contributed by atoms with E-state index in [1.54, 1.807) is 4.90 Å². The fourth-order valence-electron chi connectivity index (χ4n) is 2.32. The highest BCUT2D eigenvalue weighted by atomic mass is 16.5. The maximum atomic E-state index is 12.6. The molecule has 0 radical (unpaired) electrons. The van der Waals surface area contributed by atoms with Gasteiger partial charge in [0.2, 0.25) is 5.91 Å². The second-order valence-electron chi connectivity index (χ2n) is 6.19. The van der Waals surface area contributed by atoms with Crippen molar-refractivity contribution in [2.45, 2.75) is 45.8 Å². The molecule has 0 saturated carbocycles. The minimum atomic E-state index is -0.573. The standard InChI is InChI=1S/C14H26N2O4/c1-10(2)8-11(15-13(18)19-5)12(17)16-6-7-20-14(3,4)9-16/h10-11H,6-9H2,1-5H3,(H,15,18)/t11-/m0/s1. The molecule has 1 atom stereocenters. The van der Waals surface area contributed by atoms with Gasteiger partial charge in [-0.05, 0) is 26.2 Å². The summed E-state index contributed by atoms with van der Waals surface area (Å²) in [7, 11) is 1.30. The number of hydrogen-bond donors (Lipinski definition) is 1. The summed E-state index contributed by atoms with van der Waals surface area (Å²) >= 11 is 0. The highest BCUT2D eigenvalue weighted by molar-refractivity contribution is 5.85. The predicted octanol–water partition coefficient (Wildman–Crippen LogP) is 1.39. The Kier molecular flexibility index (Phi) is 5.80. The van der Waals surface area contributed by atoms with Crippen molar-refractivity contribution in [3.05, 3.63) is 0 Å². The molecule has 1 N–H and O–H groups in total. The van der Waals surface area contributed by atoms with Crippen LogP contribution in [0.1, 0.15) is 34.1 Å². The molecule has 0 spiro atoms. The number of morpholine rings is 1. The molecule has 1 saturated heterocycles. The highest BCUT2D eigenvalue weighted by Crippen LogP contribution is 2.18. The van der Waals surface area contributed by atoms with E-state index in [0.717, 1.165) is 0 Å². The molecule has 0 bridgehead atoms. The molecule has 0 aromatic carbocycles. The first-order valence-corrected chi connectivity index (χ1v) is 7.02. The van der Waals surface area contributed by atoms with Crippen LogP contribution in [0, 0.1) is 5.92 Å². The lowest BCUT2D eigenvalue weighted by Crippen LogP contribution is -2.56. The second kappa shape index (κ2) is 6.92. The van der Waals surface area contributed by atoms with Crippen molar-refractivity contribution < 1.29 is 19.1 Å². The number of amides is 2. The lowest BCUT2D eigenvalue weighted by molar-refractivity contribution is -0.148. The van der Waals surface area contributed by atoms with Crippen molar-refractivity contribution in [3.63, 3.8) is 0 Å². The molecule has 1 aliphatic heterocycles. The van der Waals surface area contributed by atoms with E-state index in [1.807, 2.05) is 27.7 Å². The van der Waals surface area contributed by atoms with E-state index < -0.39 is 12.1 Å². The number of carbonyl (C=O) groups excluding carboxylic acids is 2. The summed E-state index contributed by atoms with van der Waals surface area (Å²) in [6.45, 7) is 9.55. The molecule has 0 aromatic rings. The summed E-state index contributed by atoms with van der Waals surface area (Å²) in [6.07, 6.45) is 0.0163. The van der Waals surface area contributed by atoms with Crippen LogP contribution in [0.15, 0.2) is 0 Å². The van der Waals surface area contributed by atoms with Crippen LogP contribution >= 0.6 is 0 Å². The van der Waals surface area contributed by atoms with Crippen LogP contribution in [0.4, 0.5) is 4.79 Å². The maximum Gasteiger partial charge on any atom is 0.407 e. The third-order valence-corrected chi connectivity index (χ3v) is 3.22. The first-order valence-electron chi connectivity index (χ1n) is 7.02. The number of nitrogens with zero attached hydrogens (tertiary/aromatic N) is 1. The van der Waals surface area contributed by atoms with Gasteiger partial charge in [0, 0.05) is 13.1 Å². The fraction of sp³-hybridized carbons (Fsp3) is 0.857. The summed E-state index contributed by atoms with van der Waals surface area (Å²) in [4.78, 5) is 25.7. The summed E-state index contributed by atoms with van der Waals surface area (Å²) < 4.78 is 10.2. The van der Waals surface area contributed by atoms with Crippen LogP contribution in [-0.2, 0) is 14.3 Å². The summed E-state index contributed by atoms with van der Waals surface area (Å²) in [5, 5.41) is 2.63. The Morgan fingerprint density at radius 1 is 1.40 bits per heavy atom. The average Bonchev–Trinajstić information content (AvgIpc) is 2.35. The van der Waals surface area contributed by atoms with Gasteiger partial charge in [0.25, 0.3) is 0 Å². The summed E-state index contributed by atoms with van der Waals surface area (Å²) in [5.41, 5.74) is -0.346. The molecule has 1 rings (SSSR count). The third-order valence-electron chi connectivity index (χ3n) is 3.22. The first kappa shape index (κ1) is 16.8. The molecule has 1 aliphatic rings. The number of carbonyl (C=O) groups is 2. The van der Waals surface area contributed by atoms with Gasteiger partial charge in [0.15, 0.2) is 0 Å². The molecule has 6 nitrogen and oxygen atoms in total. The van der Waals surface area contributed by atoms with Gasteiger partial charge in [0.1, 0.15) is 6.04 Å². The molecule has 116 valence electrons. The van der Waals surface area contributed by atoms with E-state index in [4.69, 9.17) is 4.74 Å². The fourth-order valence-corrected chi connectivity index (χ4v) is 2.32. The number of hydrogen-bond acceptors (Lipinski definition) is 4. The van der Waals surface area contributed by atoms with Gasteiger partial charge in [-0.1, -0.05) is 13.8 Å². The van der Waals surface area contributed by atoms with Gasteiger partial charge in [-0.2, -0.15) is 0 Å². The lowest BCUT2D eigenvalue weighted by atomic mass is 10.0. The van der Waals surface area contributed by atoms with E-state index in [-0.39, 0.29) is 11.5 Å². The van der Waals surface area contributed by atoms with Crippen LogP contribution in [0.25, 0.3) is 0 Å². The zero-order valence-corrected chi connectivity index (χ0v) is 13.1. The minimum Gasteiger partial charge on any atom is -0.453 e. The van der Waals surface area contributed by atoms with Crippen molar-refractivity contribution in [1.29, 1.82) is 0 Å². The zero-order valence-electron chi connectivity index (χ0n) is 13.1. The van der Waals surface area contributed by atoms with Crippen molar-refractivity contribution >= 4 is 12.0 Å².